The number of nitrogens with one attached hydrogen (secondary N) is 2. The predicted molar refractivity (Wildman–Crippen MR) is 101 cm³/mol. The minimum Gasteiger partial charge on any atom is -0.466 e. The van der Waals surface area contributed by atoms with Gasteiger partial charge in [-0.15, -0.1) is 11.3 Å². The van der Waals surface area contributed by atoms with Gasteiger partial charge < -0.3 is 20.1 Å². The first-order valence-electron chi connectivity index (χ1n) is 7.72. The topological polar surface area (TPSA) is 93.7 Å². The molecule has 1 heterocycles. The van der Waals surface area contributed by atoms with E-state index < -0.39 is 18.0 Å². The Kier molecular flexibility index (Phi) is 8.86. The number of amides is 2. The minimum absolute atomic E-state index is 0.235. The van der Waals surface area contributed by atoms with E-state index in [2.05, 4.69) is 20.1 Å². The van der Waals surface area contributed by atoms with Crippen LogP contribution in [0, 0.1) is 0 Å². The second-order valence-electron chi connectivity index (χ2n) is 5.05. The Morgan fingerprint density at radius 2 is 1.92 bits per heavy atom. The molecule has 8 heteroatoms. The molecule has 0 aliphatic heterocycles. The van der Waals surface area contributed by atoms with E-state index in [0.29, 0.717) is 16.1 Å². The second-order valence-corrected chi connectivity index (χ2v) is 5.96. The summed E-state index contributed by atoms with van der Waals surface area (Å²) in [5.74, 6) is -0.923. The molecule has 0 spiro atoms. The third-order valence-electron chi connectivity index (χ3n) is 3.17. The van der Waals surface area contributed by atoms with E-state index in [1.165, 1.54) is 25.6 Å². The summed E-state index contributed by atoms with van der Waals surface area (Å²) in [4.78, 5) is 35.4. The number of urea groups is 1. The SMILES string of the molecule is C\C=C/C(=C\C=C(/C)C(=O)OC)CNC(=O)Nc1ccsc1C(=O)OC. The van der Waals surface area contributed by atoms with E-state index in [0.717, 1.165) is 5.57 Å². The summed E-state index contributed by atoms with van der Waals surface area (Å²) in [6.45, 7) is 3.72. The van der Waals surface area contributed by atoms with Gasteiger partial charge in [-0.25, -0.2) is 14.4 Å². The van der Waals surface area contributed by atoms with Crippen molar-refractivity contribution < 1.29 is 23.9 Å². The van der Waals surface area contributed by atoms with Crippen LogP contribution in [0.1, 0.15) is 23.5 Å². The maximum absolute atomic E-state index is 12.1. The van der Waals surface area contributed by atoms with Gasteiger partial charge in [0, 0.05) is 12.1 Å². The van der Waals surface area contributed by atoms with Gasteiger partial charge in [0.15, 0.2) is 0 Å². The number of carbonyl (C=O) groups is 3. The lowest BCUT2D eigenvalue weighted by atomic mass is 10.2. The fourth-order valence-electron chi connectivity index (χ4n) is 1.86. The van der Waals surface area contributed by atoms with Gasteiger partial charge in [0.2, 0.25) is 0 Å². The normalized spacial score (nSPS) is 12.0. The Labute approximate surface area is 156 Å². The van der Waals surface area contributed by atoms with Crippen molar-refractivity contribution >= 4 is 35.0 Å². The highest BCUT2D eigenvalue weighted by Crippen LogP contribution is 2.22. The first-order valence-corrected chi connectivity index (χ1v) is 8.60. The molecule has 7 nitrogen and oxygen atoms in total. The van der Waals surface area contributed by atoms with Gasteiger partial charge in [0.25, 0.3) is 0 Å². The molecule has 0 unspecified atom stereocenters. The minimum atomic E-state index is -0.506. The van der Waals surface area contributed by atoms with Crippen LogP contribution in [0.2, 0.25) is 0 Å². The first kappa shape index (κ1) is 21.2. The van der Waals surface area contributed by atoms with Gasteiger partial charge in [0.05, 0.1) is 19.9 Å². The number of thiophene rings is 1. The molecule has 0 saturated carbocycles. The van der Waals surface area contributed by atoms with E-state index in [-0.39, 0.29) is 6.54 Å². The summed E-state index contributed by atoms with van der Waals surface area (Å²) in [5.41, 5.74) is 1.61. The van der Waals surface area contributed by atoms with E-state index in [4.69, 9.17) is 0 Å². The van der Waals surface area contributed by atoms with Gasteiger partial charge in [0.1, 0.15) is 4.88 Å². The Balaban J connectivity index is 2.72. The predicted octanol–water partition coefficient (Wildman–Crippen LogP) is 3.28. The highest BCUT2D eigenvalue weighted by molar-refractivity contribution is 7.12. The Morgan fingerprint density at radius 3 is 2.54 bits per heavy atom. The molecule has 2 amide bonds. The van der Waals surface area contributed by atoms with Crippen LogP contribution in [0.5, 0.6) is 0 Å². The maximum Gasteiger partial charge on any atom is 0.350 e. The fraction of sp³-hybridized carbons (Fsp3) is 0.278. The number of esters is 2. The van der Waals surface area contributed by atoms with Crippen LogP contribution in [0.15, 0.2) is 46.9 Å². The fourth-order valence-corrected chi connectivity index (χ4v) is 2.62. The number of carbonyl (C=O) groups excluding carboxylic acids is 3. The third kappa shape index (κ3) is 6.56. The lowest BCUT2D eigenvalue weighted by Crippen LogP contribution is -2.30. The molecule has 0 aliphatic rings. The molecule has 1 aromatic rings. The van der Waals surface area contributed by atoms with E-state index in [1.54, 1.807) is 30.5 Å². The maximum atomic E-state index is 12.1. The van der Waals surface area contributed by atoms with Crippen LogP contribution in [0.4, 0.5) is 10.5 Å². The lowest BCUT2D eigenvalue weighted by molar-refractivity contribution is -0.136. The smallest absolute Gasteiger partial charge is 0.350 e. The van der Waals surface area contributed by atoms with E-state index in [1.807, 2.05) is 19.1 Å². The monoisotopic (exact) mass is 378 g/mol. The summed E-state index contributed by atoms with van der Waals surface area (Å²) < 4.78 is 9.30. The number of hydrogen-bond donors (Lipinski definition) is 2. The van der Waals surface area contributed by atoms with Crippen molar-refractivity contribution in [2.75, 3.05) is 26.1 Å². The molecule has 0 radical (unpaired) electrons. The number of rotatable bonds is 7. The summed E-state index contributed by atoms with van der Waals surface area (Å²) >= 11 is 1.18. The molecule has 26 heavy (non-hydrogen) atoms. The lowest BCUT2D eigenvalue weighted by Gasteiger charge is -2.08. The van der Waals surface area contributed by atoms with Crippen LogP contribution in [-0.2, 0) is 14.3 Å². The highest BCUT2D eigenvalue weighted by Gasteiger charge is 2.15. The summed E-state index contributed by atoms with van der Waals surface area (Å²) in [6.07, 6.45) is 6.97. The average molecular weight is 378 g/mol. The van der Waals surface area contributed by atoms with Gasteiger partial charge in [-0.1, -0.05) is 24.3 Å². The van der Waals surface area contributed by atoms with Crippen LogP contribution in [0.25, 0.3) is 0 Å². The van der Waals surface area contributed by atoms with E-state index >= 15 is 0 Å². The van der Waals surface area contributed by atoms with Crippen LogP contribution >= 0.6 is 11.3 Å². The molecule has 0 aliphatic carbocycles. The second kappa shape index (κ2) is 10.9. The van der Waals surface area contributed by atoms with Crippen molar-refractivity contribution in [2.24, 2.45) is 0 Å². The van der Waals surface area contributed by atoms with Gasteiger partial charge in [-0.2, -0.15) is 0 Å². The van der Waals surface area contributed by atoms with Crippen molar-refractivity contribution in [3.63, 3.8) is 0 Å². The Morgan fingerprint density at radius 1 is 1.19 bits per heavy atom. The summed E-state index contributed by atoms with van der Waals surface area (Å²) in [5, 5.41) is 7.00. The summed E-state index contributed by atoms with van der Waals surface area (Å²) in [6, 6.07) is 1.17. The van der Waals surface area contributed by atoms with Crippen LogP contribution in [-0.4, -0.2) is 38.7 Å². The van der Waals surface area contributed by atoms with Crippen LogP contribution in [0.3, 0.4) is 0 Å². The molecule has 0 bridgehead atoms. The molecule has 0 fully saturated rings. The molecule has 1 aromatic heterocycles. The molecule has 0 atom stereocenters. The molecule has 2 N–H and O–H groups in total. The number of methoxy groups -OCH3 is 2. The average Bonchev–Trinajstić information content (AvgIpc) is 3.10. The number of hydrogen-bond acceptors (Lipinski definition) is 6. The van der Waals surface area contributed by atoms with Gasteiger partial charge >= 0.3 is 18.0 Å². The molecular weight excluding hydrogens is 356 g/mol. The largest absolute Gasteiger partial charge is 0.466 e. The number of anilines is 1. The Hall–Kier alpha value is -2.87. The van der Waals surface area contributed by atoms with Crippen molar-refractivity contribution in [3.05, 3.63) is 51.8 Å². The van der Waals surface area contributed by atoms with Crippen molar-refractivity contribution in [2.45, 2.75) is 13.8 Å². The molecule has 140 valence electrons. The quantitative estimate of drug-likeness (QED) is 0.431. The van der Waals surface area contributed by atoms with Crippen molar-refractivity contribution in [3.8, 4) is 0 Å². The molecule has 0 aromatic carbocycles. The molecule has 1 rings (SSSR count). The summed E-state index contributed by atoms with van der Waals surface area (Å²) in [7, 11) is 2.60. The van der Waals surface area contributed by atoms with E-state index in [9.17, 15) is 14.4 Å². The van der Waals surface area contributed by atoms with Crippen molar-refractivity contribution in [1.29, 1.82) is 0 Å². The highest BCUT2D eigenvalue weighted by atomic mass is 32.1. The number of ether oxygens (including phenoxy) is 2. The van der Waals surface area contributed by atoms with Crippen LogP contribution < -0.4 is 10.6 Å². The third-order valence-corrected chi connectivity index (χ3v) is 4.07. The van der Waals surface area contributed by atoms with Gasteiger partial charge in [-0.05, 0) is 30.9 Å². The molecule has 0 saturated heterocycles. The zero-order chi connectivity index (χ0) is 19.5. The Bertz CT molecular complexity index is 747. The standard InChI is InChI=1S/C18H22N2O5S/c1-5-6-13(8-7-12(2)16(21)24-3)11-19-18(23)20-14-9-10-26-15(14)17(22)25-4/h5-10H,11H2,1-4H3,(H2,19,20,23)/b6-5-,12-7+,13-8+. The number of allylic oxidation sites excluding steroid dienone is 3. The van der Waals surface area contributed by atoms with Crippen molar-refractivity contribution in [1.82, 2.24) is 5.32 Å². The zero-order valence-corrected chi connectivity index (χ0v) is 15.9. The molecular formula is C18H22N2O5S. The zero-order valence-electron chi connectivity index (χ0n) is 15.1. The van der Waals surface area contributed by atoms with Gasteiger partial charge in [-0.3, -0.25) is 0 Å². The first-order chi connectivity index (χ1) is 12.4.